The van der Waals surface area contributed by atoms with Crippen LogP contribution in [0.1, 0.15) is 35.4 Å². The van der Waals surface area contributed by atoms with Gasteiger partial charge < -0.3 is 14.3 Å². The molecule has 6 nitrogen and oxygen atoms in total. The third-order valence-electron chi connectivity index (χ3n) is 5.30. The maximum Gasteiger partial charge on any atom is 0.347 e. The van der Waals surface area contributed by atoms with E-state index in [0.717, 1.165) is 34.8 Å². The first-order chi connectivity index (χ1) is 14.9. The van der Waals surface area contributed by atoms with Crippen molar-refractivity contribution in [2.75, 3.05) is 32.9 Å². The third kappa shape index (κ3) is 6.26. The molecule has 0 aliphatic carbocycles. The molecular formula is C24H30N2O4S. The van der Waals surface area contributed by atoms with E-state index in [1.807, 2.05) is 24.3 Å². The fourth-order valence-corrected chi connectivity index (χ4v) is 4.42. The van der Waals surface area contributed by atoms with Crippen LogP contribution in [0.25, 0.3) is 6.08 Å². The van der Waals surface area contributed by atoms with E-state index >= 15 is 0 Å². The first-order valence-electron chi connectivity index (χ1n) is 10.4. The largest absolute Gasteiger partial charge is 0.458 e. The summed E-state index contributed by atoms with van der Waals surface area (Å²) in [4.78, 5) is 21.0. The molecule has 1 aliphatic rings. The zero-order valence-corrected chi connectivity index (χ0v) is 19.2. The molecule has 2 aromatic rings. The van der Waals surface area contributed by atoms with Crippen molar-refractivity contribution in [3.63, 3.8) is 0 Å². The van der Waals surface area contributed by atoms with Gasteiger partial charge in [-0.05, 0) is 48.9 Å². The Hall–Kier alpha value is -2.48. The summed E-state index contributed by atoms with van der Waals surface area (Å²) in [5.41, 5.74) is 3.54. The molecule has 0 atom stereocenters. The molecule has 1 aromatic carbocycles. The maximum atomic E-state index is 12.2. The van der Waals surface area contributed by atoms with E-state index in [4.69, 9.17) is 14.3 Å². The van der Waals surface area contributed by atoms with Crippen LogP contribution in [0.15, 0.2) is 47.4 Å². The van der Waals surface area contributed by atoms with Crippen LogP contribution in [0.4, 0.5) is 0 Å². The summed E-state index contributed by atoms with van der Waals surface area (Å²) in [6.45, 7) is 13.0. The molecule has 0 unspecified atom stereocenters. The quantitative estimate of drug-likeness (QED) is 0.330. The van der Waals surface area contributed by atoms with Gasteiger partial charge in [0.1, 0.15) is 12.3 Å². The molecular weight excluding hydrogens is 412 g/mol. The second-order valence-corrected chi connectivity index (χ2v) is 8.88. The second kappa shape index (κ2) is 10.7. The summed E-state index contributed by atoms with van der Waals surface area (Å²) < 4.78 is 10.8. The summed E-state index contributed by atoms with van der Waals surface area (Å²) in [7, 11) is 0. The molecule has 1 fully saturated rings. The normalized spacial score (nSPS) is 15.5. The van der Waals surface area contributed by atoms with Crippen LogP contribution in [0.5, 0.6) is 0 Å². The molecule has 2 heterocycles. The Bertz CT molecular complexity index is 912. The molecule has 3 rings (SSSR count). The van der Waals surface area contributed by atoms with Gasteiger partial charge in [-0.15, -0.1) is 11.3 Å². The lowest BCUT2D eigenvalue weighted by Crippen LogP contribution is -2.54. The number of esters is 1. The van der Waals surface area contributed by atoms with Crippen molar-refractivity contribution < 1.29 is 19.1 Å². The van der Waals surface area contributed by atoms with Crippen LogP contribution < -0.4 is 0 Å². The number of hydrogen-bond acceptors (Lipinski definition) is 7. The molecule has 0 spiro atoms. The van der Waals surface area contributed by atoms with E-state index in [-0.39, 0.29) is 18.8 Å². The number of morpholine rings is 1. The van der Waals surface area contributed by atoms with Crippen LogP contribution >= 0.6 is 11.3 Å². The van der Waals surface area contributed by atoms with Crippen molar-refractivity contribution in [2.45, 2.75) is 32.9 Å². The first kappa shape index (κ1) is 23.2. The Kier molecular flexibility index (Phi) is 8.01. The molecule has 31 heavy (non-hydrogen) atoms. The number of thiophene rings is 1. The summed E-state index contributed by atoms with van der Waals surface area (Å²) in [6.07, 6.45) is 1.77. The van der Waals surface area contributed by atoms with E-state index in [1.54, 1.807) is 17.4 Å². The predicted octanol–water partition coefficient (Wildman–Crippen LogP) is 4.27. The average molecular weight is 443 g/mol. The van der Waals surface area contributed by atoms with Crippen LogP contribution in [0.2, 0.25) is 0 Å². The molecule has 1 aromatic heterocycles. The minimum Gasteiger partial charge on any atom is -0.458 e. The van der Waals surface area contributed by atoms with Crippen LogP contribution in [-0.4, -0.2) is 55.0 Å². The molecule has 0 N–H and O–H groups in total. The van der Waals surface area contributed by atoms with Gasteiger partial charge in [0.05, 0.1) is 23.6 Å². The second-order valence-electron chi connectivity index (χ2n) is 7.97. The number of aryl methyl sites for hydroxylation is 1. The predicted molar refractivity (Wildman–Crippen MR) is 124 cm³/mol. The molecule has 7 heteroatoms. The molecule has 0 amide bonds. The van der Waals surface area contributed by atoms with Crippen molar-refractivity contribution in [3.05, 3.63) is 63.9 Å². The van der Waals surface area contributed by atoms with Crippen LogP contribution in [0.3, 0.4) is 0 Å². The molecule has 1 aliphatic heterocycles. The van der Waals surface area contributed by atoms with Crippen molar-refractivity contribution in [1.29, 1.82) is 0 Å². The standard InChI is InChI=1S/C24H30N2O4S/c1-5-19-6-8-20(9-7-19)15-29-22(27)16-30-25-23(21-14-18(2)17-31-21)24(3,4)26-10-12-28-13-11-26/h5-9,14,17H,1,10-13,15-16H2,2-4H3. The Morgan fingerprint density at radius 3 is 2.61 bits per heavy atom. The Labute approximate surface area is 188 Å². The zero-order chi connectivity index (χ0) is 22.3. The summed E-state index contributed by atoms with van der Waals surface area (Å²) in [6, 6.07) is 9.77. The number of benzene rings is 1. The Balaban J connectivity index is 1.63. The molecule has 0 bridgehead atoms. The van der Waals surface area contributed by atoms with Gasteiger partial charge in [0.15, 0.2) is 0 Å². The third-order valence-corrected chi connectivity index (χ3v) is 6.35. The first-order valence-corrected chi connectivity index (χ1v) is 11.2. The Morgan fingerprint density at radius 2 is 2.00 bits per heavy atom. The van der Waals surface area contributed by atoms with Gasteiger partial charge >= 0.3 is 5.97 Å². The van der Waals surface area contributed by atoms with Gasteiger partial charge in [0, 0.05) is 13.1 Å². The van der Waals surface area contributed by atoms with Crippen molar-refractivity contribution >= 4 is 29.1 Å². The van der Waals surface area contributed by atoms with Crippen molar-refractivity contribution in [2.24, 2.45) is 5.16 Å². The number of oxime groups is 1. The van der Waals surface area contributed by atoms with Gasteiger partial charge in [0.25, 0.3) is 0 Å². The summed E-state index contributed by atoms with van der Waals surface area (Å²) in [5.74, 6) is -0.456. The van der Waals surface area contributed by atoms with E-state index in [2.05, 4.69) is 48.9 Å². The highest BCUT2D eigenvalue weighted by molar-refractivity contribution is 7.12. The van der Waals surface area contributed by atoms with Crippen LogP contribution in [-0.2, 0) is 25.7 Å². The summed E-state index contributed by atoms with van der Waals surface area (Å²) >= 11 is 1.63. The SMILES string of the molecule is C=Cc1ccc(COC(=O)CON=C(c2cc(C)cs2)C(C)(C)N2CCOCC2)cc1. The number of rotatable bonds is 9. The average Bonchev–Trinajstić information content (AvgIpc) is 3.21. The minimum atomic E-state index is -0.456. The molecule has 0 radical (unpaired) electrons. The number of ether oxygens (including phenoxy) is 2. The molecule has 0 saturated carbocycles. The van der Waals surface area contributed by atoms with Crippen molar-refractivity contribution in [3.8, 4) is 0 Å². The highest BCUT2D eigenvalue weighted by atomic mass is 32.1. The van der Waals surface area contributed by atoms with Gasteiger partial charge in [-0.2, -0.15) is 0 Å². The lowest BCUT2D eigenvalue weighted by Gasteiger charge is -2.40. The van der Waals surface area contributed by atoms with Gasteiger partial charge in [-0.3, -0.25) is 4.90 Å². The minimum absolute atomic E-state index is 0.194. The maximum absolute atomic E-state index is 12.2. The lowest BCUT2D eigenvalue weighted by molar-refractivity contribution is -0.150. The zero-order valence-electron chi connectivity index (χ0n) is 18.4. The monoisotopic (exact) mass is 442 g/mol. The van der Waals surface area contributed by atoms with Crippen LogP contribution in [0, 0.1) is 6.92 Å². The fraction of sp³-hybridized carbons (Fsp3) is 0.417. The lowest BCUT2D eigenvalue weighted by atomic mass is 9.94. The highest BCUT2D eigenvalue weighted by Crippen LogP contribution is 2.27. The van der Waals surface area contributed by atoms with E-state index in [1.165, 1.54) is 5.56 Å². The van der Waals surface area contributed by atoms with Gasteiger partial charge in [-0.1, -0.05) is 42.1 Å². The summed E-state index contributed by atoms with van der Waals surface area (Å²) in [5, 5.41) is 6.49. The molecule has 166 valence electrons. The number of carbonyl (C=O) groups excluding carboxylic acids is 1. The highest BCUT2D eigenvalue weighted by Gasteiger charge is 2.35. The number of hydrogen-bond donors (Lipinski definition) is 0. The number of nitrogens with zero attached hydrogens (tertiary/aromatic N) is 2. The topological polar surface area (TPSA) is 60.4 Å². The van der Waals surface area contributed by atoms with Crippen molar-refractivity contribution in [1.82, 2.24) is 4.90 Å². The number of carbonyl (C=O) groups is 1. The van der Waals surface area contributed by atoms with E-state index in [9.17, 15) is 4.79 Å². The van der Waals surface area contributed by atoms with Gasteiger partial charge in [0.2, 0.25) is 6.61 Å². The Morgan fingerprint density at radius 1 is 1.29 bits per heavy atom. The fourth-order valence-electron chi connectivity index (χ4n) is 3.39. The van der Waals surface area contributed by atoms with Gasteiger partial charge in [-0.25, -0.2) is 4.79 Å². The smallest absolute Gasteiger partial charge is 0.347 e. The van der Waals surface area contributed by atoms with E-state index < -0.39 is 5.97 Å². The van der Waals surface area contributed by atoms with E-state index in [0.29, 0.717) is 13.2 Å². The molecule has 1 saturated heterocycles.